The number of sulfone groups is 1. The monoisotopic (exact) mass is 274 g/mol. The van der Waals surface area contributed by atoms with Crippen LogP contribution >= 0.6 is 0 Å². The minimum atomic E-state index is -3.06. The van der Waals surface area contributed by atoms with Gasteiger partial charge in [0.15, 0.2) is 9.84 Å². The lowest BCUT2D eigenvalue weighted by atomic mass is 10.2. The fraction of sp³-hybridized carbons (Fsp3) is 0.700. The second kappa shape index (κ2) is 4.68. The fourth-order valence-corrected chi connectivity index (χ4v) is 3.78. The molecule has 2 heterocycles. The highest BCUT2D eigenvalue weighted by Gasteiger charge is 2.38. The number of rotatable bonds is 3. The lowest BCUT2D eigenvalue weighted by Gasteiger charge is -2.17. The first-order chi connectivity index (χ1) is 8.41. The minimum absolute atomic E-state index is 0.0296. The molecule has 1 saturated heterocycles. The molecule has 2 rings (SSSR count). The van der Waals surface area contributed by atoms with Crippen LogP contribution in [0.3, 0.4) is 0 Å². The lowest BCUT2D eigenvalue weighted by molar-refractivity contribution is -0.139. The van der Waals surface area contributed by atoms with Gasteiger partial charge in [-0.15, -0.1) is 0 Å². The Kier molecular flexibility index (Phi) is 3.38. The Morgan fingerprint density at radius 2 is 2.28 bits per heavy atom. The van der Waals surface area contributed by atoms with Gasteiger partial charge in [-0.3, -0.25) is 9.59 Å². The summed E-state index contributed by atoms with van der Waals surface area (Å²) in [6.07, 6.45) is 0.437. The number of nitrogens with zero attached hydrogens (tertiary/aromatic N) is 2. The minimum Gasteiger partial charge on any atom is -0.469 e. The highest BCUT2D eigenvalue weighted by Crippen LogP contribution is 2.23. The predicted molar refractivity (Wildman–Crippen MR) is 62.6 cm³/mol. The Bertz CT molecular complexity index is 510. The van der Waals surface area contributed by atoms with Gasteiger partial charge in [-0.2, -0.15) is 5.10 Å². The molecule has 0 spiro atoms. The van der Waals surface area contributed by atoms with E-state index in [1.54, 1.807) is 0 Å². The summed E-state index contributed by atoms with van der Waals surface area (Å²) in [6, 6.07) is -0.391. The molecule has 0 aromatic rings. The Balaban J connectivity index is 2.06. The molecule has 0 N–H and O–H groups in total. The summed E-state index contributed by atoms with van der Waals surface area (Å²) in [5, 5.41) is 5.25. The molecule has 0 aromatic carbocycles. The zero-order chi connectivity index (χ0) is 13.3. The molecule has 2 aliphatic rings. The number of ether oxygens (including phenoxy) is 1. The van der Waals surface area contributed by atoms with E-state index < -0.39 is 21.8 Å². The number of esters is 1. The molecular formula is C10H14N2O5S. The SMILES string of the molecule is COC(=O)CC1=NN(C2CCS(=O)(=O)C2)C(=O)C1. The van der Waals surface area contributed by atoms with Crippen molar-refractivity contribution in [2.45, 2.75) is 25.3 Å². The first kappa shape index (κ1) is 13.0. The molecule has 0 bridgehead atoms. The normalized spacial score (nSPS) is 26.3. The molecule has 18 heavy (non-hydrogen) atoms. The summed E-state index contributed by atoms with van der Waals surface area (Å²) in [5.74, 6) is -0.671. The van der Waals surface area contributed by atoms with Gasteiger partial charge in [0.25, 0.3) is 0 Å². The lowest BCUT2D eigenvalue weighted by Crippen LogP contribution is -2.33. The van der Waals surface area contributed by atoms with Crippen LogP contribution in [0.1, 0.15) is 19.3 Å². The molecule has 0 aliphatic carbocycles. The van der Waals surface area contributed by atoms with Crippen LogP contribution in [0.4, 0.5) is 0 Å². The van der Waals surface area contributed by atoms with Crippen LogP contribution in [0.15, 0.2) is 5.10 Å². The number of amides is 1. The van der Waals surface area contributed by atoms with Crippen molar-refractivity contribution in [3.05, 3.63) is 0 Å². The molecule has 1 unspecified atom stereocenters. The molecule has 1 fully saturated rings. The van der Waals surface area contributed by atoms with Gasteiger partial charge in [-0.25, -0.2) is 13.4 Å². The van der Waals surface area contributed by atoms with Crippen molar-refractivity contribution >= 4 is 27.4 Å². The van der Waals surface area contributed by atoms with Gasteiger partial charge >= 0.3 is 5.97 Å². The van der Waals surface area contributed by atoms with Crippen molar-refractivity contribution < 1.29 is 22.7 Å². The van der Waals surface area contributed by atoms with Gasteiger partial charge in [0.2, 0.25) is 5.91 Å². The van der Waals surface area contributed by atoms with Crippen LogP contribution in [-0.2, 0) is 24.2 Å². The number of hydrazone groups is 1. The second-order valence-corrected chi connectivity index (χ2v) is 6.62. The van der Waals surface area contributed by atoms with Crippen molar-refractivity contribution in [2.24, 2.45) is 5.10 Å². The van der Waals surface area contributed by atoms with Gasteiger partial charge in [0.05, 0.1) is 43.2 Å². The smallest absolute Gasteiger partial charge is 0.311 e. The van der Waals surface area contributed by atoms with E-state index in [0.717, 1.165) is 0 Å². The molecule has 7 nitrogen and oxygen atoms in total. The molecule has 0 radical (unpaired) electrons. The van der Waals surface area contributed by atoms with E-state index in [4.69, 9.17) is 0 Å². The highest BCUT2D eigenvalue weighted by atomic mass is 32.2. The van der Waals surface area contributed by atoms with Crippen molar-refractivity contribution in [3.63, 3.8) is 0 Å². The van der Waals surface area contributed by atoms with Crippen LogP contribution in [0.25, 0.3) is 0 Å². The van der Waals surface area contributed by atoms with Crippen LogP contribution in [-0.4, -0.2) is 55.7 Å². The summed E-state index contributed by atoms with van der Waals surface area (Å²) >= 11 is 0. The van der Waals surface area contributed by atoms with Crippen molar-refractivity contribution in [1.82, 2.24) is 5.01 Å². The Morgan fingerprint density at radius 3 is 2.83 bits per heavy atom. The van der Waals surface area contributed by atoms with E-state index >= 15 is 0 Å². The summed E-state index contributed by atoms with van der Waals surface area (Å²) in [4.78, 5) is 22.8. The Morgan fingerprint density at radius 1 is 1.56 bits per heavy atom. The number of carbonyl (C=O) groups is 2. The second-order valence-electron chi connectivity index (χ2n) is 4.39. The third-order valence-corrected chi connectivity index (χ3v) is 4.74. The molecule has 2 aliphatic heterocycles. The maximum atomic E-state index is 11.7. The number of methoxy groups -OCH3 is 1. The first-order valence-electron chi connectivity index (χ1n) is 5.57. The fourth-order valence-electron chi connectivity index (χ4n) is 2.09. The van der Waals surface area contributed by atoms with E-state index in [9.17, 15) is 18.0 Å². The topological polar surface area (TPSA) is 93.1 Å². The summed E-state index contributed by atoms with van der Waals surface area (Å²) in [5.41, 5.74) is 0.427. The van der Waals surface area contributed by atoms with E-state index in [0.29, 0.717) is 12.1 Å². The van der Waals surface area contributed by atoms with E-state index in [1.807, 2.05) is 0 Å². The van der Waals surface area contributed by atoms with Crippen LogP contribution < -0.4 is 0 Å². The van der Waals surface area contributed by atoms with Gasteiger partial charge in [-0.05, 0) is 6.42 Å². The van der Waals surface area contributed by atoms with Gasteiger partial charge in [0, 0.05) is 0 Å². The van der Waals surface area contributed by atoms with E-state index in [-0.39, 0.29) is 30.3 Å². The molecule has 0 aromatic heterocycles. The predicted octanol–water partition coefficient (Wildman–Crippen LogP) is -0.675. The zero-order valence-corrected chi connectivity index (χ0v) is 10.8. The summed E-state index contributed by atoms with van der Waals surface area (Å²) in [6.45, 7) is 0. The molecule has 1 amide bonds. The van der Waals surface area contributed by atoms with Crippen molar-refractivity contribution in [3.8, 4) is 0 Å². The largest absolute Gasteiger partial charge is 0.469 e. The van der Waals surface area contributed by atoms with E-state index in [1.165, 1.54) is 12.1 Å². The maximum absolute atomic E-state index is 11.7. The van der Waals surface area contributed by atoms with Gasteiger partial charge in [0.1, 0.15) is 0 Å². The quantitative estimate of drug-likeness (QED) is 0.636. The Hall–Kier alpha value is -1.44. The van der Waals surface area contributed by atoms with Crippen LogP contribution in [0.5, 0.6) is 0 Å². The number of carbonyl (C=O) groups excluding carboxylic acids is 2. The highest BCUT2D eigenvalue weighted by molar-refractivity contribution is 7.91. The number of hydrogen-bond acceptors (Lipinski definition) is 6. The average molecular weight is 274 g/mol. The molecule has 0 saturated carbocycles. The van der Waals surface area contributed by atoms with Crippen molar-refractivity contribution in [1.29, 1.82) is 0 Å². The first-order valence-corrected chi connectivity index (χ1v) is 7.39. The van der Waals surface area contributed by atoms with Gasteiger partial charge < -0.3 is 4.74 Å². The number of hydrogen-bond donors (Lipinski definition) is 0. The van der Waals surface area contributed by atoms with Gasteiger partial charge in [-0.1, -0.05) is 0 Å². The molecule has 1 atom stereocenters. The summed E-state index contributed by atoms with van der Waals surface area (Å²) < 4.78 is 27.2. The Labute approximate surface area is 105 Å². The average Bonchev–Trinajstić information content (AvgIpc) is 2.81. The molecular weight excluding hydrogens is 260 g/mol. The van der Waals surface area contributed by atoms with Crippen molar-refractivity contribution in [2.75, 3.05) is 18.6 Å². The standard InChI is InChI=1S/C10H14N2O5S/c1-17-10(14)5-7-4-9(13)12(11-7)8-2-3-18(15,16)6-8/h8H,2-6H2,1H3. The molecule has 100 valence electrons. The zero-order valence-electron chi connectivity index (χ0n) is 9.96. The third kappa shape index (κ3) is 2.69. The molecule has 8 heteroatoms. The summed E-state index contributed by atoms with van der Waals surface area (Å²) in [7, 11) is -1.79. The van der Waals surface area contributed by atoms with Crippen LogP contribution in [0.2, 0.25) is 0 Å². The van der Waals surface area contributed by atoms with Crippen LogP contribution in [0, 0.1) is 0 Å². The van der Waals surface area contributed by atoms with E-state index in [2.05, 4.69) is 9.84 Å². The maximum Gasteiger partial charge on any atom is 0.311 e. The third-order valence-electron chi connectivity index (χ3n) is 2.99.